The van der Waals surface area contributed by atoms with Gasteiger partial charge in [0.05, 0.1) is 16.5 Å². The summed E-state index contributed by atoms with van der Waals surface area (Å²) in [6, 6.07) is 7.65. The molecule has 4 rings (SSSR count). The van der Waals surface area contributed by atoms with Crippen molar-refractivity contribution in [1.82, 2.24) is 4.90 Å². The van der Waals surface area contributed by atoms with Crippen LogP contribution in [0.2, 0.25) is 5.02 Å². The van der Waals surface area contributed by atoms with Gasteiger partial charge in [-0.05, 0) is 43.7 Å². The number of para-hydroxylation sites is 1. The summed E-state index contributed by atoms with van der Waals surface area (Å²) >= 11 is 7.61. The maximum atomic E-state index is 12.9. The number of aliphatic imine (C=N–C) groups is 1. The van der Waals surface area contributed by atoms with Gasteiger partial charge in [-0.2, -0.15) is 0 Å². The number of amides is 2. The molecular weight excluding hydrogens is 382 g/mol. The summed E-state index contributed by atoms with van der Waals surface area (Å²) in [7, 11) is 0. The van der Waals surface area contributed by atoms with Gasteiger partial charge in [-0.1, -0.05) is 48.3 Å². The van der Waals surface area contributed by atoms with Gasteiger partial charge in [0, 0.05) is 12.6 Å². The largest absolute Gasteiger partial charge is 0.339 e. The van der Waals surface area contributed by atoms with Crippen LogP contribution in [0.5, 0.6) is 0 Å². The van der Waals surface area contributed by atoms with E-state index in [-0.39, 0.29) is 18.4 Å². The lowest BCUT2D eigenvalue weighted by Gasteiger charge is -2.44. The molecule has 1 aromatic rings. The molecule has 0 aromatic heterocycles. The second kappa shape index (κ2) is 8.23. The Bertz CT molecular complexity index is 767. The van der Waals surface area contributed by atoms with Crippen molar-refractivity contribution in [3.05, 3.63) is 29.3 Å². The van der Waals surface area contributed by atoms with Crippen LogP contribution in [-0.2, 0) is 9.59 Å². The normalized spacial score (nSPS) is 25.4. The van der Waals surface area contributed by atoms with Crippen molar-refractivity contribution in [3.8, 4) is 0 Å². The molecule has 2 fully saturated rings. The van der Waals surface area contributed by atoms with Crippen LogP contribution < -0.4 is 4.90 Å². The average molecular weight is 406 g/mol. The van der Waals surface area contributed by atoms with Crippen LogP contribution in [-0.4, -0.2) is 46.8 Å². The molecule has 1 saturated heterocycles. The minimum Gasteiger partial charge on any atom is -0.339 e. The summed E-state index contributed by atoms with van der Waals surface area (Å²) in [5.41, 5.74) is 0.630. The van der Waals surface area contributed by atoms with E-state index in [9.17, 15) is 9.59 Å². The molecule has 2 atom stereocenters. The van der Waals surface area contributed by atoms with Crippen molar-refractivity contribution in [1.29, 1.82) is 0 Å². The zero-order chi connectivity index (χ0) is 18.8. The Morgan fingerprint density at radius 2 is 1.96 bits per heavy atom. The van der Waals surface area contributed by atoms with Crippen LogP contribution in [0.4, 0.5) is 5.69 Å². The smallest absolute Gasteiger partial charge is 0.254 e. The summed E-state index contributed by atoms with van der Waals surface area (Å²) in [6.07, 6.45) is 7.25. The van der Waals surface area contributed by atoms with Crippen LogP contribution >= 0.6 is 23.4 Å². The van der Waals surface area contributed by atoms with E-state index in [0.29, 0.717) is 33.6 Å². The number of halogens is 1. The number of hydrogen-bond donors (Lipinski definition) is 0. The third-order valence-corrected chi connectivity index (χ3v) is 7.05. The Hall–Kier alpha value is -1.53. The summed E-state index contributed by atoms with van der Waals surface area (Å²) < 4.78 is 0. The van der Waals surface area contributed by atoms with Crippen LogP contribution in [0.25, 0.3) is 0 Å². The molecule has 2 amide bonds. The molecule has 5 nitrogen and oxygen atoms in total. The molecule has 0 bridgehead atoms. The van der Waals surface area contributed by atoms with E-state index in [1.807, 2.05) is 12.1 Å². The summed E-state index contributed by atoms with van der Waals surface area (Å²) in [4.78, 5) is 33.2. The van der Waals surface area contributed by atoms with Gasteiger partial charge in [0.15, 0.2) is 5.17 Å². The molecule has 0 N–H and O–H groups in total. The highest BCUT2D eigenvalue weighted by molar-refractivity contribution is 8.14. The van der Waals surface area contributed by atoms with Crippen molar-refractivity contribution in [2.45, 2.75) is 44.6 Å². The molecule has 1 aliphatic carbocycles. The quantitative estimate of drug-likeness (QED) is 0.764. The molecule has 1 aromatic carbocycles. The van der Waals surface area contributed by atoms with Crippen LogP contribution in [0.1, 0.15) is 38.5 Å². The molecule has 3 aliphatic rings. The number of thioether (sulfide) groups is 1. The second-order valence-corrected chi connectivity index (χ2v) is 8.76. The van der Waals surface area contributed by atoms with Gasteiger partial charge in [-0.15, -0.1) is 0 Å². The number of piperidine rings is 1. The minimum absolute atomic E-state index is 0.107. The Balaban J connectivity index is 1.42. The first-order chi connectivity index (χ1) is 13.1. The Morgan fingerprint density at radius 3 is 2.81 bits per heavy atom. The van der Waals surface area contributed by atoms with Gasteiger partial charge >= 0.3 is 0 Å². The lowest BCUT2D eigenvalue weighted by atomic mass is 9.78. The fourth-order valence-corrected chi connectivity index (χ4v) is 5.63. The number of anilines is 1. The molecular formula is C20H24ClN3O2S. The molecule has 27 heavy (non-hydrogen) atoms. The number of carbonyl (C=O) groups excluding carboxylic acids is 2. The lowest BCUT2D eigenvalue weighted by Crippen LogP contribution is -2.50. The van der Waals surface area contributed by atoms with Gasteiger partial charge in [0.25, 0.3) is 5.91 Å². The molecule has 2 aliphatic heterocycles. The van der Waals surface area contributed by atoms with Gasteiger partial charge < -0.3 is 4.90 Å². The molecule has 2 heterocycles. The number of fused-ring (bicyclic) bond motifs is 1. The van der Waals surface area contributed by atoms with Crippen molar-refractivity contribution in [2.75, 3.05) is 23.7 Å². The highest BCUT2D eigenvalue weighted by Crippen LogP contribution is 2.36. The average Bonchev–Trinajstić information content (AvgIpc) is 3.06. The van der Waals surface area contributed by atoms with Gasteiger partial charge in [-0.25, -0.2) is 0 Å². The third-order valence-electron chi connectivity index (χ3n) is 5.77. The van der Waals surface area contributed by atoms with Crippen LogP contribution in [0.15, 0.2) is 29.3 Å². The van der Waals surface area contributed by atoms with E-state index in [1.165, 1.54) is 37.4 Å². The first-order valence-electron chi connectivity index (χ1n) is 9.69. The summed E-state index contributed by atoms with van der Waals surface area (Å²) in [5.74, 6) is 1.05. The van der Waals surface area contributed by atoms with E-state index in [2.05, 4.69) is 9.89 Å². The topological polar surface area (TPSA) is 53.0 Å². The zero-order valence-corrected chi connectivity index (χ0v) is 16.8. The molecule has 144 valence electrons. The Kier molecular flexibility index (Phi) is 5.74. The number of nitrogens with zero attached hydrogens (tertiary/aromatic N) is 3. The SMILES string of the molecule is O=C1CN=C(SCC(=O)N2CCC[C@@H]3CCCC[C@H]32)N1c1ccccc1Cl. The number of benzene rings is 1. The van der Waals surface area contributed by atoms with Crippen LogP contribution in [0.3, 0.4) is 0 Å². The first-order valence-corrected chi connectivity index (χ1v) is 11.1. The summed E-state index contributed by atoms with van der Waals surface area (Å²) in [6.45, 7) is 0.969. The fraction of sp³-hybridized carbons (Fsp3) is 0.550. The predicted octanol–water partition coefficient (Wildman–Crippen LogP) is 3.96. The molecule has 0 unspecified atom stereocenters. The van der Waals surface area contributed by atoms with Crippen molar-refractivity contribution >= 4 is 46.0 Å². The van der Waals surface area contributed by atoms with Crippen molar-refractivity contribution in [3.63, 3.8) is 0 Å². The number of hydrogen-bond acceptors (Lipinski definition) is 4. The standard InChI is InChI=1S/C20H24ClN3O2S/c21-15-8-2-4-10-17(15)24-18(25)12-22-20(24)27-13-19(26)23-11-5-7-14-6-1-3-9-16(14)23/h2,4,8,10,14,16H,1,3,5-7,9,11-13H2/t14-,16+/m0/s1. The van der Waals surface area contributed by atoms with Crippen molar-refractivity contribution in [2.24, 2.45) is 10.9 Å². The van der Waals surface area contributed by atoms with E-state index in [1.54, 1.807) is 17.0 Å². The lowest BCUT2D eigenvalue weighted by molar-refractivity contribution is -0.134. The number of amidine groups is 1. The highest BCUT2D eigenvalue weighted by atomic mass is 35.5. The Morgan fingerprint density at radius 1 is 1.19 bits per heavy atom. The van der Waals surface area contributed by atoms with E-state index in [0.717, 1.165) is 19.4 Å². The third kappa shape index (κ3) is 3.87. The number of carbonyl (C=O) groups is 2. The molecule has 1 saturated carbocycles. The predicted molar refractivity (Wildman–Crippen MR) is 110 cm³/mol. The Labute approximate surface area is 169 Å². The highest BCUT2D eigenvalue weighted by Gasteiger charge is 2.36. The monoisotopic (exact) mass is 405 g/mol. The first kappa shape index (κ1) is 18.8. The summed E-state index contributed by atoms with van der Waals surface area (Å²) in [5, 5.41) is 1.08. The molecule has 0 radical (unpaired) electrons. The molecule has 7 heteroatoms. The van der Waals surface area contributed by atoms with E-state index in [4.69, 9.17) is 11.6 Å². The number of rotatable bonds is 3. The second-order valence-electron chi connectivity index (χ2n) is 7.41. The van der Waals surface area contributed by atoms with Crippen molar-refractivity contribution < 1.29 is 9.59 Å². The maximum absolute atomic E-state index is 12.9. The minimum atomic E-state index is -0.108. The molecule has 0 spiro atoms. The maximum Gasteiger partial charge on any atom is 0.254 e. The fourth-order valence-electron chi connectivity index (χ4n) is 4.51. The van der Waals surface area contributed by atoms with E-state index < -0.39 is 0 Å². The van der Waals surface area contributed by atoms with Gasteiger partial charge in [0.2, 0.25) is 5.91 Å². The van der Waals surface area contributed by atoms with Crippen LogP contribution in [0, 0.1) is 5.92 Å². The van der Waals surface area contributed by atoms with E-state index >= 15 is 0 Å². The number of likely N-dealkylation sites (tertiary alicyclic amines) is 1. The van der Waals surface area contributed by atoms with Gasteiger partial charge in [-0.3, -0.25) is 19.5 Å². The zero-order valence-electron chi connectivity index (χ0n) is 15.3. The van der Waals surface area contributed by atoms with Gasteiger partial charge in [0.1, 0.15) is 6.54 Å².